The molecule has 3 saturated heterocycles. The Morgan fingerprint density at radius 2 is 1.00 bits per heavy atom. The second-order valence-electron chi connectivity index (χ2n) is 3.72. The van der Waals surface area contributed by atoms with E-state index in [4.69, 9.17) is 0 Å². The van der Waals surface area contributed by atoms with E-state index in [1.54, 1.807) is 0 Å². The van der Waals surface area contributed by atoms with Crippen LogP contribution in [0.5, 0.6) is 0 Å². The average Bonchev–Trinajstić information content (AvgIpc) is 2.59. The maximum atomic E-state index is 11.0. The number of hydrogen-bond acceptors (Lipinski definition) is 2. The van der Waals surface area contributed by atoms with Gasteiger partial charge in [0.1, 0.15) is 0 Å². The summed E-state index contributed by atoms with van der Waals surface area (Å²) in [6.45, 7) is 0. The molecule has 8 nitrogen and oxygen atoms in total. The summed E-state index contributed by atoms with van der Waals surface area (Å²) in [6.07, 6.45) is -0.0409. The molecular weight excluding hydrogens is 188 g/mol. The number of rotatable bonds is 0. The van der Waals surface area contributed by atoms with E-state index in [1.165, 1.54) is 0 Å². The lowest BCUT2D eigenvalue weighted by atomic mass is 10.2. The molecule has 0 aromatic carbocycles. The van der Waals surface area contributed by atoms with Crippen molar-refractivity contribution < 1.29 is 20.2 Å². The summed E-state index contributed by atoms with van der Waals surface area (Å²) < 4.78 is 0. The minimum absolute atomic E-state index is 0.0102. The monoisotopic (exact) mass is 200 g/mol. The maximum absolute atomic E-state index is 11.0. The highest BCUT2D eigenvalue weighted by Gasteiger charge is 2.52. The van der Waals surface area contributed by atoms with Crippen LogP contribution in [0.3, 0.4) is 0 Å². The van der Waals surface area contributed by atoms with Gasteiger partial charge in [-0.1, -0.05) is 0 Å². The lowest BCUT2D eigenvalue weighted by Crippen LogP contribution is -3.20. The maximum Gasteiger partial charge on any atom is 0.324 e. The Labute approximate surface area is 79.2 Å². The summed E-state index contributed by atoms with van der Waals surface area (Å²) >= 11 is 0. The largest absolute Gasteiger partial charge is 0.324 e. The van der Waals surface area contributed by atoms with Crippen LogP contribution in [0.15, 0.2) is 0 Å². The van der Waals surface area contributed by atoms with Gasteiger partial charge in [-0.25, -0.2) is 9.59 Å². The fourth-order valence-electron chi connectivity index (χ4n) is 2.17. The zero-order valence-electron chi connectivity index (χ0n) is 7.28. The highest BCUT2D eigenvalue weighted by molar-refractivity contribution is 5.77. The van der Waals surface area contributed by atoms with Gasteiger partial charge in [0.15, 0.2) is 0 Å². The normalized spacial score (nSPS) is 44.3. The van der Waals surface area contributed by atoms with Crippen LogP contribution in [-0.4, -0.2) is 36.7 Å². The third-order valence-corrected chi connectivity index (χ3v) is 2.79. The van der Waals surface area contributed by atoms with E-state index in [9.17, 15) is 9.59 Å². The molecule has 8 N–H and O–H groups in total. The first kappa shape index (κ1) is 7.83. The minimum Gasteiger partial charge on any atom is -0.293 e. The second-order valence-corrected chi connectivity index (χ2v) is 3.72. The van der Waals surface area contributed by atoms with E-state index in [1.807, 2.05) is 10.6 Å². The lowest BCUT2D eigenvalue weighted by Gasteiger charge is -2.27. The van der Waals surface area contributed by atoms with Crippen molar-refractivity contribution in [2.75, 3.05) is 0 Å². The Morgan fingerprint density at radius 1 is 0.714 bits per heavy atom. The Kier molecular flexibility index (Phi) is 1.39. The van der Waals surface area contributed by atoms with E-state index in [-0.39, 0.29) is 36.7 Å². The SMILES string of the molecule is O=C1NC2[NH2+]C3NC(=O)NC3[NH2+]C2N1. The van der Waals surface area contributed by atoms with E-state index >= 15 is 0 Å². The molecule has 3 aliphatic rings. The molecule has 8 heteroatoms. The molecule has 4 amide bonds. The molecule has 4 unspecified atom stereocenters. The van der Waals surface area contributed by atoms with Crippen LogP contribution in [0.2, 0.25) is 0 Å². The molecule has 3 rings (SSSR count). The Balaban J connectivity index is 1.77. The highest BCUT2D eigenvalue weighted by atomic mass is 16.2. The van der Waals surface area contributed by atoms with Crippen molar-refractivity contribution in [3.63, 3.8) is 0 Å². The molecule has 0 aromatic heterocycles. The fraction of sp³-hybridized carbons (Fsp3) is 0.667. The molecule has 0 aliphatic carbocycles. The smallest absolute Gasteiger partial charge is 0.293 e. The molecule has 14 heavy (non-hydrogen) atoms. The minimum atomic E-state index is -0.154. The molecular formula is C6H12N6O2+2. The summed E-state index contributed by atoms with van der Waals surface area (Å²) in [5.41, 5.74) is 0. The molecule has 3 heterocycles. The van der Waals surface area contributed by atoms with Crippen molar-refractivity contribution in [3.05, 3.63) is 0 Å². The number of urea groups is 2. The standard InChI is InChI=1S/C6H10N6O2/c13-5-9-1-2(10-5)8-4-3(7-1)11-6(14)12-4/h1-4,7-8H,(H2,9,10,13)(H2,11,12,14)/p+2. The molecule has 0 aromatic rings. The van der Waals surface area contributed by atoms with E-state index in [2.05, 4.69) is 21.3 Å². The lowest BCUT2D eigenvalue weighted by molar-refractivity contribution is -0.876. The molecule has 0 saturated carbocycles. The van der Waals surface area contributed by atoms with Crippen LogP contribution in [0.4, 0.5) is 9.59 Å². The van der Waals surface area contributed by atoms with Crippen LogP contribution >= 0.6 is 0 Å². The number of amides is 4. The first-order chi connectivity index (χ1) is 6.72. The third-order valence-electron chi connectivity index (χ3n) is 2.79. The van der Waals surface area contributed by atoms with Gasteiger partial charge in [0.05, 0.1) is 0 Å². The van der Waals surface area contributed by atoms with Gasteiger partial charge in [-0.2, -0.15) is 0 Å². The van der Waals surface area contributed by atoms with Gasteiger partial charge < -0.3 is 0 Å². The van der Waals surface area contributed by atoms with Gasteiger partial charge in [0, 0.05) is 0 Å². The topological polar surface area (TPSA) is 115 Å². The van der Waals surface area contributed by atoms with Gasteiger partial charge in [0.25, 0.3) is 0 Å². The molecule has 0 bridgehead atoms. The van der Waals surface area contributed by atoms with Crippen LogP contribution < -0.4 is 31.9 Å². The van der Waals surface area contributed by atoms with Crippen molar-refractivity contribution in [2.45, 2.75) is 24.7 Å². The molecule has 3 aliphatic heterocycles. The fourth-order valence-corrected chi connectivity index (χ4v) is 2.17. The highest BCUT2D eigenvalue weighted by Crippen LogP contribution is 1.95. The molecule has 3 fully saturated rings. The molecule has 0 spiro atoms. The van der Waals surface area contributed by atoms with Gasteiger partial charge in [-0.15, -0.1) is 0 Å². The summed E-state index contributed by atoms with van der Waals surface area (Å²) in [5.74, 6) is 0. The van der Waals surface area contributed by atoms with E-state index in [0.29, 0.717) is 0 Å². The zero-order valence-corrected chi connectivity index (χ0v) is 7.28. The third kappa shape index (κ3) is 1.01. The Bertz CT molecular complexity index is 253. The number of piperazine rings is 1. The summed E-state index contributed by atoms with van der Waals surface area (Å²) in [5, 5.41) is 15.0. The number of carbonyl (C=O) groups excluding carboxylic acids is 2. The first-order valence-electron chi connectivity index (χ1n) is 4.56. The first-order valence-corrected chi connectivity index (χ1v) is 4.56. The molecule has 0 radical (unpaired) electrons. The number of nitrogens with one attached hydrogen (secondary N) is 4. The van der Waals surface area contributed by atoms with Gasteiger partial charge in [0.2, 0.25) is 24.7 Å². The van der Waals surface area contributed by atoms with Crippen molar-refractivity contribution >= 4 is 12.1 Å². The zero-order chi connectivity index (χ0) is 9.71. The van der Waals surface area contributed by atoms with Crippen LogP contribution in [0.25, 0.3) is 0 Å². The summed E-state index contributed by atoms with van der Waals surface area (Å²) in [6, 6.07) is -0.308. The predicted octanol–water partition coefficient (Wildman–Crippen LogP) is -4.94. The van der Waals surface area contributed by atoms with Crippen molar-refractivity contribution in [3.8, 4) is 0 Å². The van der Waals surface area contributed by atoms with Crippen molar-refractivity contribution in [2.24, 2.45) is 0 Å². The summed E-state index contributed by atoms with van der Waals surface area (Å²) in [7, 11) is 0. The summed E-state index contributed by atoms with van der Waals surface area (Å²) in [4.78, 5) is 22.0. The Morgan fingerprint density at radius 3 is 1.29 bits per heavy atom. The van der Waals surface area contributed by atoms with E-state index in [0.717, 1.165) is 0 Å². The van der Waals surface area contributed by atoms with Crippen LogP contribution in [0, 0.1) is 0 Å². The molecule has 4 atom stereocenters. The average molecular weight is 200 g/mol. The number of carbonyl (C=O) groups is 2. The van der Waals surface area contributed by atoms with Gasteiger partial charge in [-0.3, -0.25) is 31.9 Å². The van der Waals surface area contributed by atoms with Crippen molar-refractivity contribution in [1.82, 2.24) is 21.3 Å². The number of hydrogen-bond donors (Lipinski definition) is 6. The quantitative estimate of drug-likeness (QED) is 0.235. The second kappa shape index (κ2) is 2.49. The van der Waals surface area contributed by atoms with Crippen molar-refractivity contribution in [1.29, 1.82) is 0 Å². The molecule has 76 valence electrons. The van der Waals surface area contributed by atoms with Crippen LogP contribution in [0.1, 0.15) is 0 Å². The number of quaternary nitrogens is 2. The Hall–Kier alpha value is -1.54. The van der Waals surface area contributed by atoms with E-state index < -0.39 is 0 Å². The number of nitrogens with two attached hydrogens (primary N) is 2. The van der Waals surface area contributed by atoms with Crippen LogP contribution in [-0.2, 0) is 0 Å². The van der Waals surface area contributed by atoms with Gasteiger partial charge in [-0.05, 0) is 0 Å². The number of fused-ring (bicyclic) bond motifs is 2. The van der Waals surface area contributed by atoms with Gasteiger partial charge >= 0.3 is 12.1 Å². The predicted molar refractivity (Wildman–Crippen MR) is 42.3 cm³/mol.